The van der Waals surface area contributed by atoms with E-state index in [0.717, 1.165) is 0 Å². The molecule has 9 nitrogen and oxygen atoms in total. The summed E-state index contributed by atoms with van der Waals surface area (Å²) < 4.78 is 20.8. The second-order valence-electron chi connectivity index (χ2n) is 5.63. The van der Waals surface area contributed by atoms with Crippen LogP contribution in [0.5, 0.6) is 23.0 Å². The Labute approximate surface area is 168 Å². The number of hydrazone groups is 1. The summed E-state index contributed by atoms with van der Waals surface area (Å²) in [5, 5.41) is 6.37. The highest BCUT2D eigenvalue weighted by molar-refractivity contribution is 5.97. The van der Waals surface area contributed by atoms with Crippen molar-refractivity contribution in [1.29, 1.82) is 0 Å². The van der Waals surface area contributed by atoms with Gasteiger partial charge in [0.15, 0.2) is 11.5 Å². The fourth-order valence-electron chi connectivity index (χ4n) is 2.46. The predicted octanol–water partition coefficient (Wildman–Crippen LogP) is 1.60. The average molecular weight is 401 g/mol. The van der Waals surface area contributed by atoms with Gasteiger partial charge in [-0.3, -0.25) is 9.59 Å². The van der Waals surface area contributed by atoms with Gasteiger partial charge in [0.05, 0.1) is 41.2 Å². The van der Waals surface area contributed by atoms with E-state index >= 15 is 0 Å². The Balaban J connectivity index is 1.96. The second kappa shape index (κ2) is 10.5. The Kier molecular flexibility index (Phi) is 7.84. The Bertz CT molecular complexity index is 873. The van der Waals surface area contributed by atoms with Gasteiger partial charge in [0.25, 0.3) is 11.8 Å². The van der Waals surface area contributed by atoms with Crippen LogP contribution in [-0.4, -0.2) is 53.0 Å². The third-order valence-corrected chi connectivity index (χ3v) is 3.87. The molecule has 0 aliphatic heterocycles. The van der Waals surface area contributed by atoms with E-state index < -0.39 is 11.8 Å². The van der Waals surface area contributed by atoms with Crippen molar-refractivity contribution < 1.29 is 28.5 Å². The van der Waals surface area contributed by atoms with E-state index in [1.807, 2.05) is 12.1 Å². The van der Waals surface area contributed by atoms with E-state index in [0.29, 0.717) is 28.6 Å². The van der Waals surface area contributed by atoms with Crippen molar-refractivity contribution in [1.82, 2.24) is 10.7 Å². The molecular weight excluding hydrogens is 378 g/mol. The van der Waals surface area contributed by atoms with Crippen molar-refractivity contribution in [2.45, 2.75) is 0 Å². The lowest BCUT2D eigenvalue weighted by Crippen LogP contribution is -2.35. The SMILES string of the molecule is COc1ccccc1/C=N/NC(=O)CNC(=O)c1cc(OC)c(OC)c(OC)c1. The van der Waals surface area contributed by atoms with Crippen molar-refractivity contribution >= 4 is 18.0 Å². The lowest BCUT2D eigenvalue weighted by atomic mass is 10.1. The van der Waals surface area contributed by atoms with E-state index in [2.05, 4.69) is 15.8 Å². The zero-order valence-electron chi connectivity index (χ0n) is 16.6. The number of para-hydroxylation sites is 1. The van der Waals surface area contributed by atoms with Crippen LogP contribution in [0, 0.1) is 0 Å². The van der Waals surface area contributed by atoms with Crippen LogP contribution >= 0.6 is 0 Å². The number of carbonyl (C=O) groups is 2. The number of nitrogens with zero attached hydrogens (tertiary/aromatic N) is 1. The van der Waals surface area contributed by atoms with Crippen LogP contribution in [0.4, 0.5) is 0 Å². The predicted molar refractivity (Wildman–Crippen MR) is 107 cm³/mol. The highest BCUT2D eigenvalue weighted by Crippen LogP contribution is 2.38. The van der Waals surface area contributed by atoms with E-state index in [4.69, 9.17) is 18.9 Å². The summed E-state index contributed by atoms with van der Waals surface area (Å²) >= 11 is 0. The highest BCUT2D eigenvalue weighted by Gasteiger charge is 2.17. The minimum Gasteiger partial charge on any atom is -0.496 e. The van der Waals surface area contributed by atoms with Gasteiger partial charge in [-0.25, -0.2) is 5.43 Å². The second-order valence-corrected chi connectivity index (χ2v) is 5.63. The first-order valence-corrected chi connectivity index (χ1v) is 8.57. The summed E-state index contributed by atoms with van der Waals surface area (Å²) in [6.07, 6.45) is 1.46. The molecule has 9 heteroatoms. The van der Waals surface area contributed by atoms with Crippen LogP contribution in [0.1, 0.15) is 15.9 Å². The summed E-state index contributed by atoms with van der Waals surface area (Å²) in [6, 6.07) is 10.2. The Morgan fingerprint density at radius 1 is 0.931 bits per heavy atom. The van der Waals surface area contributed by atoms with Crippen LogP contribution < -0.4 is 29.7 Å². The van der Waals surface area contributed by atoms with Crippen molar-refractivity contribution in [3.63, 3.8) is 0 Å². The van der Waals surface area contributed by atoms with Gasteiger partial charge >= 0.3 is 0 Å². The van der Waals surface area contributed by atoms with E-state index in [-0.39, 0.29) is 12.1 Å². The molecule has 2 rings (SSSR count). The Morgan fingerprint density at radius 3 is 2.14 bits per heavy atom. The van der Waals surface area contributed by atoms with Gasteiger partial charge in [0.1, 0.15) is 5.75 Å². The third kappa shape index (κ3) is 5.61. The molecule has 0 aliphatic rings. The minimum atomic E-state index is -0.489. The van der Waals surface area contributed by atoms with Gasteiger partial charge < -0.3 is 24.3 Å². The molecule has 0 unspecified atom stereocenters. The molecule has 2 amide bonds. The molecule has 29 heavy (non-hydrogen) atoms. The molecule has 2 aromatic rings. The number of rotatable bonds is 9. The monoisotopic (exact) mass is 401 g/mol. The highest BCUT2D eigenvalue weighted by atomic mass is 16.5. The number of hydrogen-bond donors (Lipinski definition) is 2. The summed E-state index contributed by atoms with van der Waals surface area (Å²) in [5.74, 6) is 0.701. The molecule has 0 saturated carbocycles. The molecule has 2 aromatic carbocycles. The topological polar surface area (TPSA) is 107 Å². The number of carbonyl (C=O) groups excluding carboxylic acids is 2. The average Bonchev–Trinajstić information content (AvgIpc) is 2.76. The number of nitrogens with one attached hydrogen (secondary N) is 2. The van der Waals surface area contributed by atoms with Crippen molar-refractivity contribution in [3.8, 4) is 23.0 Å². The fraction of sp³-hybridized carbons (Fsp3) is 0.250. The molecule has 0 fully saturated rings. The quantitative estimate of drug-likeness (QED) is 0.488. The van der Waals surface area contributed by atoms with Gasteiger partial charge in [-0.2, -0.15) is 5.10 Å². The number of amides is 2. The molecule has 0 aliphatic carbocycles. The lowest BCUT2D eigenvalue weighted by Gasteiger charge is -2.14. The summed E-state index contributed by atoms with van der Waals surface area (Å²) in [5.41, 5.74) is 3.30. The largest absolute Gasteiger partial charge is 0.496 e. The molecule has 0 atom stereocenters. The summed E-state index contributed by atoms with van der Waals surface area (Å²) in [7, 11) is 5.91. The number of benzene rings is 2. The molecule has 2 N–H and O–H groups in total. The number of ether oxygens (including phenoxy) is 4. The zero-order valence-corrected chi connectivity index (χ0v) is 16.6. The maximum absolute atomic E-state index is 12.4. The van der Waals surface area contributed by atoms with Crippen LogP contribution in [0.25, 0.3) is 0 Å². The molecule has 0 heterocycles. The molecule has 0 radical (unpaired) electrons. The van der Waals surface area contributed by atoms with Crippen molar-refractivity contribution in [2.24, 2.45) is 5.10 Å². The summed E-state index contributed by atoms with van der Waals surface area (Å²) in [4.78, 5) is 24.3. The van der Waals surface area contributed by atoms with Crippen LogP contribution in [-0.2, 0) is 4.79 Å². The smallest absolute Gasteiger partial charge is 0.259 e. The van der Waals surface area contributed by atoms with E-state index in [1.54, 1.807) is 19.2 Å². The van der Waals surface area contributed by atoms with Crippen molar-refractivity contribution in [2.75, 3.05) is 35.0 Å². The molecule has 154 valence electrons. The first-order valence-electron chi connectivity index (χ1n) is 8.57. The van der Waals surface area contributed by atoms with Crippen LogP contribution in [0.2, 0.25) is 0 Å². The van der Waals surface area contributed by atoms with Crippen LogP contribution in [0.15, 0.2) is 41.5 Å². The van der Waals surface area contributed by atoms with Gasteiger partial charge in [0, 0.05) is 11.1 Å². The van der Waals surface area contributed by atoms with E-state index in [1.165, 1.54) is 39.7 Å². The third-order valence-electron chi connectivity index (χ3n) is 3.87. The summed E-state index contributed by atoms with van der Waals surface area (Å²) in [6.45, 7) is -0.265. The van der Waals surface area contributed by atoms with E-state index in [9.17, 15) is 9.59 Å². The van der Waals surface area contributed by atoms with Gasteiger partial charge in [0.2, 0.25) is 5.75 Å². The zero-order chi connectivity index (χ0) is 21.2. The maximum Gasteiger partial charge on any atom is 0.259 e. The number of hydrogen-bond acceptors (Lipinski definition) is 7. The first-order chi connectivity index (χ1) is 14.0. The first kappa shape index (κ1) is 21.5. The van der Waals surface area contributed by atoms with Crippen LogP contribution in [0.3, 0.4) is 0 Å². The van der Waals surface area contributed by atoms with Gasteiger partial charge in [-0.1, -0.05) is 12.1 Å². The van der Waals surface area contributed by atoms with Crippen molar-refractivity contribution in [3.05, 3.63) is 47.5 Å². The standard InChI is InChI=1S/C20H23N3O6/c1-26-15-8-6-5-7-13(15)11-22-23-18(24)12-21-20(25)14-9-16(27-2)19(29-4)17(10-14)28-3/h5-11H,12H2,1-4H3,(H,21,25)(H,23,24)/b22-11+. The molecule has 0 spiro atoms. The Hall–Kier alpha value is -3.75. The number of methoxy groups -OCH3 is 4. The molecular formula is C20H23N3O6. The Morgan fingerprint density at radius 2 is 1.55 bits per heavy atom. The molecule has 0 bridgehead atoms. The lowest BCUT2D eigenvalue weighted by molar-refractivity contribution is -0.120. The fourth-order valence-corrected chi connectivity index (χ4v) is 2.46. The van der Waals surface area contributed by atoms with Gasteiger partial charge in [-0.15, -0.1) is 0 Å². The molecule has 0 aromatic heterocycles. The molecule has 0 saturated heterocycles. The maximum atomic E-state index is 12.4. The minimum absolute atomic E-state index is 0.254. The normalized spacial score (nSPS) is 10.3. The van der Waals surface area contributed by atoms with Gasteiger partial charge in [-0.05, 0) is 24.3 Å².